The Morgan fingerprint density at radius 2 is 2.17 bits per heavy atom. The van der Waals surface area contributed by atoms with Crippen molar-refractivity contribution < 1.29 is 19.9 Å². The van der Waals surface area contributed by atoms with Crippen LogP contribution in [0, 0.1) is 4.91 Å². The number of hydroxylamine groups is 1. The summed E-state index contributed by atoms with van der Waals surface area (Å²) in [5.41, 5.74) is 10.1. The zero-order valence-electron chi connectivity index (χ0n) is 8.90. The lowest BCUT2D eigenvalue weighted by atomic mass is 10.2. The molecule has 1 aromatic rings. The second-order valence-electron chi connectivity index (χ2n) is 3.26. The van der Waals surface area contributed by atoms with Gasteiger partial charge in [-0.3, -0.25) is 10.0 Å². The van der Waals surface area contributed by atoms with Crippen molar-refractivity contribution in [1.29, 1.82) is 0 Å². The third-order valence-electron chi connectivity index (χ3n) is 1.96. The molecule has 0 unspecified atom stereocenters. The fourth-order valence-electron chi connectivity index (χ4n) is 1.13. The maximum atomic E-state index is 11.6. The minimum atomic E-state index is -1.41. The monoisotopic (exact) mass is 258 g/mol. The number of anilines is 1. The van der Waals surface area contributed by atoms with Crippen LogP contribution in [0.15, 0.2) is 5.29 Å². The fraction of sp³-hybridized carbons (Fsp3) is 0.286. The minimum absolute atomic E-state index is 0.0625. The molecule has 18 heavy (non-hydrogen) atoms. The Bertz CT molecular complexity index is 485. The molecule has 0 saturated heterocycles. The lowest BCUT2D eigenvalue weighted by Gasteiger charge is -2.11. The second-order valence-corrected chi connectivity index (χ2v) is 3.26. The maximum Gasteiger partial charge on any atom is 0.358 e. The summed E-state index contributed by atoms with van der Waals surface area (Å²) >= 11 is 0. The SMILES string of the molecule is Nc1[nH]c(C(=O)[C@@H](N)CN(O)N=O)nc1C(=O)O. The molecule has 1 heterocycles. The Labute approximate surface area is 99.3 Å². The molecule has 11 nitrogen and oxygen atoms in total. The summed E-state index contributed by atoms with van der Waals surface area (Å²) in [7, 11) is 0. The number of carbonyl (C=O) groups excluding carboxylic acids is 1. The van der Waals surface area contributed by atoms with Crippen LogP contribution in [0.5, 0.6) is 0 Å². The number of carboxylic acid groups (broad SMARTS) is 1. The van der Waals surface area contributed by atoms with Crippen LogP contribution < -0.4 is 11.5 Å². The molecular formula is C7H10N6O5. The van der Waals surface area contributed by atoms with Crippen LogP contribution >= 0.6 is 0 Å². The van der Waals surface area contributed by atoms with Crippen LogP contribution in [0.25, 0.3) is 0 Å². The highest BCUT2D eigenvalue weighted by atomic mass is 16.6. The molecule has 0 aromatic carbocycles. The van der Waals surface area contributed by atoms with Crippen molar-refractivity contribution in [2.75, 3.05) is 12.3 Å². The van der Waals surface area contributed by atoms with Gasteiger partial charge in [-0.15, -0.1) is 10.1 Å². The number of nitrogens with two attached hydrogens (primary N) is 2. The quantitative estimate of drug-likeness (QED) is 0.231. The van der Waals surface area contributed by atoms with Gasteiger partial charge in [0.2, 0.25) is 5.78 Å². The van der Waals surface area contributed by atoms with E-state index in [2.05, 4.69) is 15.3 Å². The van der Waals surface area contributed by atoms with E-state index < -0.39 is 30.0 Å². The number of nitroso groups, excluding NO2 is 1. The van der Waals surface area contributed by atoms with Gasteiger partial charge >= 0.3 is 5.97 Å². The van der Waals surface area contributed by atoms with E-state index in [1.54, 1.807) is 0 Å². The molecule has 1 aromatic heterocycles. The van der Waals surface area contributed by atoms with E-state index in [-0.39, 0.29) is 16.8 Å². The highest BCUT2D eigenvalue weighted by molar-refractivity contribution is 6.00. The van der Waals surface area contributed by atoms with Crippen molar-refractivity contribution >= 4 is 17.6 Å². The summed E-state index contributed by atoms with van der Waals surface area (Å²) < 4.78 is 0. The predicted octanol–water partition coefficient (Wildman–Crippen LogP) is -1.43. The molecule has 0 radical (unpaired) electrons. The molecule has 1 rings (SSSR count). The predicted molar refractivity (Wildman–Crippen MR) is 56.6 cm³/mol. The van der Waals surface area contributed by atoms with Crippen LogP contribution in [0.4, 0.5) is 5.82 Å². The number of nitrogens with zero attached hydrogens (tertiary/aromatic N) is 3. The van der Waals surface area contributed by atoms with Crippen LogP contribution in [-0.4, -0.2) is 49.8 Å². The molecule has 0 amide bonds. The topological polar surface area (TPSA) is 188 Å². The molecule has 0 bridgehead atoms. The molecular weight excluding hydrogens is 248 g/mol. The number of rotatable bonds is 6. The third kappa shape index (κ3) is 2.78. The van der Waals surface area contributed by atoms with Crippen LogP contribution in [0.3, 0.4) is 0 Å². The van der Waals surface area contributed by atoms with Crippen molar-refractivity contribution in [3.8, 4) is 0 Å². The first-order valence-electron chi connectivity index (χ1n) is 4.55. The summed E-state index contributed by atoms with van der Waals surface area (Å²) in [6.45, 7) is -0.564. The van der Waals surface area contributed by atoms with Gasteiger partial charge in [0.15, 0.2) is 11.5 Å². The van der Waals surface area contributed by atoms with Crippen LogP contribution in [-0.2, 0) is 0 Å². The smallest absolute Gasteiger partial charge is 0.358 e. The average Bonchev–Trinajstić information content (AvgIpc) is 2.70. The first-order chi connectivity index (χ1) is 8.36. The van der Waals surface area contributed by atoms with Crippen molar-refractivity contribution in [2.45, 2.75) is 6.04 Å². The number of ketones is 1. The van der Waals surface area contributed by atoms with Gasteiger partial charge in [-0.2, -0.15) is 0 Å². The normalized spacial score (nSPS) is 11.9. The zero-order chi connectivity index (χ0) is 13.9. The second kappa shape index (κ2) is 5.20. The van der Waals surface area contributed by atoms with Gasteiger partial charge < -0.3 is 21.6 Å². The first-order valence-corrected chi connectivity index (χ1v) is 4.55. The van der Waals surface area contributed by atoms with E-state index >= 15 is 0 Å². The van der Waals surface area contributed by atoms with E-state index in [0.29, 0.717) is 0 Å². The Kier molecular flexibility index (Phi) is 3.91. The maximum absolute atomic E-state index is 11.6. The molecule has 0 aliphatic carbocycles. The minimum Gasteiger partial charge on any atom is -0.476 e. The molecule has 98 valence electrons. The Balaban J connectivity index is 2.87. The van der Waals surface area contributed by atoms with Crippen molar-refractivity contribution in [3.05, 3.63) is 16.4 Å². The summed E-state index contributed by atoms with van der Waals surface area (Å²) in [6.07, 6.45) is 0. The Morgan fingerprint density at radius 1 is 1.56 bits per heavy atom. The van der Waals surface area contributed by atoms with Gasteiger partial charge in [0.05, 0.1) is 17.9 Å². The van der Waals surface area contributed by atoms with Gasteiger partial charge in [0.1, 0.15) is 5.82 Å². The number of Topliss-reactive ketones (excluding diaryl/α,β-unsaturated/α-hetero) is 1. The highest BCUT2D eigenvalue weighted by Crippen LogP contribution is 2.09. The van der Waals surface area contributed by atoms with Crippen molar-refractivity contribution in [1.82, 2.24) is 15.1 Å². The highest BCUT2D eigenvalue weighted by Gasteiger charge is 2.24. The molecule has 7 N–H and O–H groups in total. The summed E-state index contributed by atoms with van der Waals surface area (Å²) in [5, 5.41) is 19.5. The summed E-state index contributed by atoms with van der Waals surface area (Å²) in [6, 6.07) is -1.32. The molecule has 1 atom stereocenters. The largest absolute Gasteiger partial charge is 0.476 e. The van der Waals surface area contributed by atoms with E-state index in [1.165, 1.54) is 0 Å². The lowest BCUT2D eigenvalue weighted by Crippen LogP contribution is -2.40. The summed E-state index contributed by atoms with van der Waals surface area (Å²) in [5.74, 6) is -2.91. The van der Waals surface area contributed by atoms with E-state index in [1.807, 2.05) is 0 Å². The van der Waals surface area contributed by atoms with Crippen molar-refractivity contribution in [3.63, 3.8) is 0 Å². The molecule has 0 spiro atoms. The standard InChI is InChI=1S/C7H10N6O5/c8-2(1-13(18)12-17)4(14)6-10-3(7(15)16)5(9)11-6/h2,18H,1,8-9H2,(H,10,11)(H,15,16)/t2-/m0/s1. The number of nitrogen functional groups attached to an aromatic ring is 1. The van der Waals surface area contributed by atoms with Crippen LogP contribution in [0.1, 0.15) is 21.1 Å². The van der Waals surface area contributed by atoms with E-state index in [0.717, 1.165) is 0 Å². The number of hydrogen-bond acceptors (Lipinski definition) is 8. The number of aromatic amines is 1. The average molecular weight is 258 g/mol. The molecule has 11 heteroatoms. The molecule has 0 fully saturated rings. The molecule has 0 aliphatic heterocycles. The Hall–Kier alpha value is -2.53. The molecule has 0 saturated carbocycles. The van der Waals surface area contributed by atoms with E-state index in [4.69, 9.17) is 21.8 Å². The number of carbonyl (C=O) groups is 2. The number of H-pyrrole nitrogens is 1. The molecule has 0 aliphatic rings. The van der Waals surface area contributed by atoms with Gasteiger partial charge in [-0.1, -0.05) is 0 Å². The Morgan fingerprint density at radius 3 is 2.61 bits per heavy atom. The summed E-state index contributed by atoms with van der Waals surface area (Å²) in [4.78, 5) is 37.9. The van der Waals surface area contributed by atoms with Gasteiger partial charge in [-0.05, 0) is 0 Å². The van der Waals surface area contributed by atoms with E-state index in [9.17, 15) is 14.5 Å². The van der Waals surface area contributed by atoms with Gasteiger partial charge in [0, 0.05) is 0 Å². The number of imidazole rings is 1. The van der Waals surface area contributed by atoms with Gasteiger partial charge in [-0.25, -0.2) is 9.78 Å². The van der Waals surface area contributed by atoms with Crippen molar-refractivity contribution in [2.24, 2.45) is 11.0 Å². The van der Waals surface area contributed by atoms with Gasteiger partial charge in [0.25, 0.3) is 0 Å². The number of aromatic carboxylic acids is 1. The fourth-order valence-corrected chi connectivity index (χ4v) is 1.13. The number of hydrogen-bond donors (Lipinski definition) is 5. The number of carboxylic acids is 1. The lowest BCUT2D eigenvalue weighted by molar-refractivity contribution is -0.0931. The third-order valence-corrected chi connectivity index (χ3v) is 1.96. The zero-order valence-corrected chi connectivity index (χ0v) is 8.90. The number of nitrogens with one attached hydrogen (secondary N) is 1. The number of aromatic nitrogens is 2. The van der Waals surface area contributed by atoms with Crippen LogP contribution in [0.2, 0.25) is 0 Å². The first kappa shape index (κ1) is 13.5.